The minimum atomic E-state index is -3.18. The summed E-state index contributed by atoms with van der Waals surface area (Å²) < 4.78 is 24.1. The van der Waals surface area contributed by atoms with E-state index in [1.54, 1.807) is 0 Å². The maximum Gasteiger partial charge on any atom is 0.280 e. The van der Waals surface area contributed by atoms with Crippen molar-refractivity contribution < 1.29 is 8.42 Å². The first-order valence-electron chi connectivity index (χ1n) is 4.32. The predicted molar refractivity (Wildman–Crippen MR) is 63.9 cm³/mol. The highest BCUT2D eigenvalue weighted by atomic mass is 79.9. The first kappa shape index (κ1) is 13.1. The van der Waals surface area contributed by atoms with Gasteiger partial charge < -0.3 is 5.32 Å². The van der Waals surface area contributed by atoms with Crippen molar-refractivity contribution in [2.75, 3.05) is 24.7 Å². The lowest BCUT2D eigenvalue weighted by atomic mass is 10.4. The van der Waals surface area contributed by atoms with Gasteiger partial charge in [-0.2, -0.15) is 5.10 Å². The summed E-state index contributed by atoms with van der Waals surface area (Å²) in [6.45, 7) is 0.592. The van der Waals surface area contributed by atoms with Gasteiger partial charge in [-0.15, -0.1) is 0 Å². The Morgan fingerprint density at radius 3 is 2.81 bits per heavy atom. The van der Waals surface area contributed by atoms with Crippen LogP contribution in [0.2, 0.25) is 0 Å². The molecule has 90 valence electrons. The van der Waals surface area contributed by atoms with Gasteiger partial charge in [0, 0.05) is 13.1 Å². The van der Waals surface area contributed by atoms with Crippen molar-refractivity contribution in [2.45, 2.75) is 0 Å². The standard InChI is InChI=1S/C7H11BrN4O3S/c1-16(14,15)11-3-2-9-5-4-10-12-7(13)6(5)8/h4,11H,2-3H2,1H3,(H2,9,12,13). The fraction of sp³-hybridized carbons (Fsp3) is 0.429. The molecule has 3 N–H and O–H groups in total. The smallest absolute Gasteiger partial charge is 0.280 e. The number of nitrogens with zero attached hydrogens (tertiary/aromatic N) is 1. The molecule has 0 aliphatic rings. The molecule has 0 spiro atoms. The highest BCUT2D eigenvalue weighted by Gasteiger charge is 2.04. The molecule has 0 aliphatic carbocycles. The molecule has 0 saturated heterocycles. The van der Waals surface area contributed by atoms with E-state index in [2.05, 4.69) is 36.2 Å². The summed E-state index contributed by atoms with van der Waals surface area (Å²) >= 11 is 3.09. The molecular formula is C7H11BrN4O3S. The first-order valence-corrected chi connectivity index (χ1v) is 7.00. The molecule has 9 heteroatoms. The van der Waals surface area contributed by atoms with Gasteiger partial charge in [-0.3, -0.25) is 4.79 Å². The van der Waals surface area contributed by atoms with Gasteiger partial charge in [-0.25, -0.2) is 18.2 Å². The van der Waals surface area contributed by atoms with Gasteiger partial charge in [-0.1, -0.05) is 0 Å². The zero-order valence-electron chi connectivity index (χ0n) is 8.45. The van der Waals surface area contributed by atoms with Gasteiger partial charge >= 0.3 is 0 Å². The van der Waals surface area contributed by atoms with Gasteiger partial charge in [-0.05, 0) is 15.9 Å². The number of halogens is 1. The number of rotatable bonds is 5. The van der Waals surface area contributed by atoms with E-state index in [0.717, 1.165) is 6.26 Å². The minimum absolute atomic E-state index is 0.234. The molecule has 0 fully saturated rings. The van der Waals surface area contributed by atoms with Gasteiger partial charge in [0.1, 0.15) is 4.47 Å². The van der Waals surface area contributed by atoms with Crippen LogP contribution in [0.4, 0.5) is 5.69 Å². The van der Waals surface area contributed by atoms with Crippen molar-refractivity contribution in [1.82, 2.24) is 14.9 Å². The molecule has 0 radical (unpaired) electrons. The fourth-order valence-electron chi connectivity index (χ4n) is 0.940. The Morgan fingerprint density at radius 2 is 2.19 bits per heavy atom. The summed E-state index contributed by atoms with van der Waals surface area (Å²) in [5, 5.41) is 8.72. The number of sulfonamides is 1. The van der Waals surface area contributed by atoms with Crippen LogP contribution in [-0.2, 0) is 10.0 Å². The molecule has 0 atom stereocenters. The zero-order chi connectivity index (χ0) is 12.2. The Morgan fingerprint density at radius 1 is 1.50 bits per heavy atom. The second-order valence-corrected chi connectivity index (χ2v) is 5.65. The van der Waals surface area contributed by atoms with Crippen molar-refractivity contribution in [3.63, 3.8) is 0 Å². The van der Waals surface area contributed by atoms with Crippen molar-refractivity contribution in [3.05, 3.63) is 21.0 Å². The van der Waals surface area contributed by atoms with Gasteiger partial charge in [0.25, 0.3) is 5.56 Å². The van der Waals surface area contributed by atoms with Crippen LogP contribution >= 0.6 is 15.9 Å². The van der Waals surface area contributed by atoms with E-state index < -0.39 is 10.0 Å². The van der Waals surface area contributed by atoms with E-state index in [-0.39, 0.29) is 12.1 Å². The summed E-state index contributed by atoms with van der Waals surface area (Å²) in [6.07, 6.45) is 2.52. The lowest BCUT2D eigenvalue weighted by Crippen LogP contribution is -2.28. The number of H-pyrrole nitrogens is 1. The molecule has 0 aromatic carbocycles. The van der Waals surface area contributed by atoms with Crippen LogP contribution in [0.1, 0.15) is 0 Å². The van der Waals surface area contributed by atoms with Gasteiger partial charge in [0.15, 0.2) is 0 Å². The second kappa shape index (κ2) is 5.41. The Labute approximate surface area is 101 Å². The third-order valence-corrected chi connectivity index (χ3v) is 3.12. The average molecular weight is 311 g/mol. The second-order valence-electron chi connectivity index (χ2n) is 3.02. The lowest BCUT2D eigenvalue weighted by Gasteiger charge is -2.07. The summed E-state index contributed by atoms with van der Waals surface area (Å²) in [7, 11) is -3.18. The molecule has 7 nitrogen and oxygen atoms in total. The van der Waals surface area contributed by atoms with Gasteiger partial charge in [0.2, 0.25) is 10.0 Å². The molecule has 1 aromatic rings. The maximum atomic E-state index is 11.1. The monoisotopic (exact) mass is 310 g/mol. The van der Waals surface area contributed by atoms with E-state index in [4.69, 9.17) is 0 Å². The molecule has 16 heavy (non-hydrogen) atoms. The van der Waals surface area contributed by atoms with E-state index in [0.29, 0.717) is 16.7 Å². The molecular weight excluding hydrogens is 300 g/mol. The Hall–Kier alpha value is -0.930. The van der Waals surface area contributed by atoms with Crippen molar-refractivity contribution in [1.29, 1.82) is 0 Å². The van der Waals surface area contributed by atoms with Crippen LogP contribution in [-0.4, -0.2) is 38.0 Å². The first-order chi connectivity index (χ1) is 7.40. The molecule has 1 aromatic heterocycles. The largest absolute Gasteiger partial charge is 0.381 e. The number of hydrogen-bond acceptors (Lipinski definition) is 5. The Balaban J connectivity index is 2.50. The SMILES string of the molecule is CS(=O)(=O)NCCNc1cn[nH]c(=O)c1Br. The molecule has 1 heterocycles. The van der Waals surface area contributed by atoms with Crippen LogP contribution < -0.4 is 15.6 Å². The lowest BCUT2D eigenvalue weighted by molar-refractivity contribution is 0.589. The number of nitrogens with one attached hydrogen (secondary N) is 3. The topological polar surface area (TPSA) is 104 Å². The van der Waals surface area contributed by atoms with Crippen LogP contribution in [0, 0.1) is 0 Å². The van der Waals surface area contributed by atoms with E-state index in [1.807, 2.05) is 0 Å². The number of aromatic nitrogens is 2. The number of aromatic amines is 1. The summed E-state index contributed by atoms with van der Waals surface area (Å²) in [5.74, 6) is 0. The summed E-state index contributed by atoms with van der Waals surface area (Å²) in [6, 6.07) is 0. The molecule has 0 saturated carbocycles. The average Bonchev–Trinajstić information content (AvgIpc) is 2.17. The third-order valence-electron chi connectivity index (χ3n) is 1.60. The third kappa shape index (κ3) is 4.29. The zero-order valence-corrected chi connectivity index (χ0v) is 10.9. The van der Waals surface area contributed by atoms with Crippen LogP contribution in [0.25, 0.3) is 0 Å². The Kier molecular flexibility index (Phi) is 4.44. The highest BCUT2D eigenvalue weighted by Crippen LogP contribution is 2.14. The summed E-state index contributed by atoms with van der Waals surface area (Å²) in [5.41, 5.74) is 0.167. The fourth-order valence-corrected chi connectivity index (χ4v) is 1.74. The van der Waals surface area contributed by atoms with E-state index in [1.165, 1.54) is 6.20 Å². The molecule has 0 unspecified atom stereocenters. The van der Waals surface area contributed by atoms with Crippen LogP contribution in [0.15, 0.2) is 15.5 Å². The van der Waals surface area contributed by atoms with Crippen LogP contribution in [0.3, 0.4) is 0 Å². The molecule has 0 bridgehead atoms. The van der Waals surface area contributed by atoms with Crippen LogP contribution in [0.5, 0.6) is 0 Å². The summed E-state index contributed by atoms with van der Waals surface area (Å²) in [4.78, 5) is 11.1. The van der Waals surface area contributed by atoms with Crippen molar-refractivity contribution >= 4 is 31.6 Å². The quantitative estimate of drug-likeness (QED) is 0.636. The minimum Gasteiger partial charge on any atom is -0.381 e. The van der Waals surface area contributed by atoms with Crippen molar-refractivity contribution in [2.24, 2.45) is 0 Å². The number of anilines is 1. The molecule has 0 aliphatic heterocycles. The normalized spacial score (nSPS) is 11.4. The van der Waals surface area contributed by atoms with E-state index >= 15 is 0 Å². The Bertz CT molecular complexity index is 513. The highest BCUT2D eigenvalue weighted by molar-refractivity contribution is 9.10. The predicted octanol–water partition coefficient (Wildman–Crippen LogP) is -0.507. The maximum absolute atomic E-state index is 11.1. The molecule has 0 amide bonds. The van der Waals surface area contributed by atoms with Crippen molar-refractivity contribution in [3.8, 4) is 0 Å². The molecule has 1 rings (SSSR count). The van der Waals surface area contributed by atoms with E-state index in [9.17, 15) is 13.2 Å². The number of hydrogen-bond donors (Lipinski definition) is 3. The van der Waals surface area contributed by atoms with Gasteiger partial charge in [0.05, 0.1) is 18.1 Å².